The lowest BCUT2D eigenvalue weighted by Crippen LogP contribution is -2.45. The summed E-state index contributed by atoms with van der Waals surface area (Å²) >= 11 is 0. The number of aromatic amines is 2. The Morgan fingerprint density at radius 2 is 1.95 bits per heavy atom. The second-order valence-corrected chi connectivity index (χ2v) is 5.13. The summed E-state index contributed by atoms with van der Waals surface area (Å²) in [5.41, 5.74) is 2.28. The van der Waals surface area contributed by atoms with E-state index in [1.165, 1.54) is 6.07 Å². The third kappa shape index (κ3) is 2.44. The molecule has 7 heteroatoms. The van der Waals surface area contributed by atoms with Crippen molar-refractivity contribution in [3.63, 3.8) is 0 Å². The maximum atomic E-state index is 11.2. The minimum Gasteiger partial charge on any atom is -0.338 e. The molecule has 106 valence electrons. The summed E-state index contributed by atoms with van der Waals surface area (Å²) < 4.78 is 0. The number of rotatable bonds is 2. The lowest BCUT2D eigenvalue weighted by atomic mass is 10.2. The SMILES string of the molecule is Cc1nc(N2CCN(C)CC2)ncc1-c1cc(=O)[nH][nH]1. The van der Waals surface area contributed by atoms with Crippen LogP contribution in [0.4, 0.5) is 5.95 Å². The molecular weight excluding hydrogens is 256 g/mol. The first-order chi connectivity index (χ1) is 9.63. The molecule has 1 saturated heterocycles. The van der Waals surface area contributed by atoms with Crippen LogP contribution < -0.4 is 10.5 Å². The van der Waals surface area contributed by atoms with Gasteiger partial charge in [0.25, 0.3) is 5.56 Å². The summed E-state index contributed by atoms with van der Waals surface area (Å²) in [6.45, 7) is 5.86. The molecule has 1 aliphatic heterocycles. The molecule has 20 heavy (non-hydrogen) atoms. The summed E-state index contributed by atoms with van der Waals surface area (Å²) in [7, 11) is 2.12. The molecule has 0 amide bonds. The highest BCUT2D eigenvalue weighted by atomic mass is 16.1. The Bertz CT molecular complexity index is 653. The molecule has 2 aromatic rings. The van der Waals surface area contributed by atoms with E-state index in [9.17, 15) is 4.79 Å². The van der Waals surface area contributed by atoms with E-state index in [2.05, 4.69) is 37.0 Å². The van der Waals surface area contributed by atoms with E-state index in [1.807, 2.05) is 6.92 Å². The Balaban J connectivity index is 1.86. The molecule has 3 rings (SSSR count). The molecule has 3 heterocycles. The first-order valence-electron chi connectivity index (χ1n) is 6.68. The molecule has 0 saturated carbocycles. The molecule has 1 aliphatic rings. The van der Waals surface area contributed by atoms with Crippen LogP contribution >= 0.6 is 0 Å². The van der Waals surface area contributed by atoms with E-state index in [1.54, 1.807) is 6.20 Å². The molecule has 0 atom stereocenters. The molecule has 1 fully saturated rings. The normalized spacial score (nSPS) is 16.6. The lowest BCUT2D eigenvalue weighted by molar-refractivity contribution is 0.311. The first-order valence-corrected chi connectivity index (χ1v) is 6.68. The van der Waals surface area contributed by atoms with Gasteiger partial charge in [0.1, 0.15) is 0 Å². The van der Waals surface area contributed by atoms with Crippen LogP contribution in [-0.2, 0) is 0 Å². The minimum atomic E-state index is -0.150. The summed E-state index contributed by atoms with van der Waals surface area (Å²) in [4.78, 5) is 24.7. The molecule has 7 nitrogen and oxygen atoms in total. The molecule has 0 unspecified atom stereocenters. The van der Waals surface area contributed by atoms with Gasteiger partial charge in [0.15, 0.2) is 0 Å². The van der Waals surface area contributed by atoms with Gasteiger partial charge in [-0.25, -0.2) is 9.97 Å². The average molecular weight is 274 g/mol. The highest BCUT2D eigenvalue weighted by Crippen LogP contribution is 2.20. The second-order valence-electron chi connectivity index (χ2n) is 5.13. The van der Waals surface area contributed by atoms with Gasteiger partial charge in [0.05, 0.1) is 11.4 Å². The fourth-order valence-corrected chi connectivity index (χ4v) is 2.36. The molecule has 0 aromatic carbocycles. The van der Waals surface area contributed by atoms with Crippen LogP contribution in [0.5, 0.6) is 0 Å². The third-order valence-corrected chi connectivity index (χ3v) is 3.64. The maximum Gasteiger partial charge on any atom is 0.264 e. The molecule has 0 radical (unpaired) electrons. The Hall–Kier alpha value is -2.15. The number of aromatic nitrogens is 4. The lowest BCUT2D eigenvalue weighted by Gasteiger charge is -2.32. The number of likely N-dealkylation sites (N-methyl/N-ethyl adjacent to an activating group) is 1. The van der Waals surface area contributed by atoms with E-state index in [-0.39, 0.29) is 5.56 Å². The Labute approximate surface area is 116 Å². The van der Waals surface area contributed by atoms with Gasteiger partial charge in [-0.2, -0.15) is 0 Å². The van der Waals surface area contributed by atoms with Crippen molar-refractivity contribution in [1.82, 2.24) is 25.1 Å². The van der Waals surface area contributed by atoms with Crippen molar-refractivity contribution in [2.45, 2.75) is 6.92 Å². The summed E-state index contributed by atoms with van der Waals surface area (Å²) in [5, 5.41) is 5.35. The number of nitrogens with one attached hydrogen (secondary N) is 2. The van der Waals surface area contributed by atoms with Crippen LogP contribution in [0, 0.1) is 6.92 Å². The van der Waals surface area contributed by atoms with E-state index < -0.39 is 0 Å². The molecular formula is C13H18N6O. The number of piperazine rings is 1. The number of hydrogen-bond donors (Lipinski definition) is 2. The van der Waals surface area contributed by atoms with Crippen LogP contribution in [0.15, 0.2) is 17.1 Å². The van der Waals surface area contributed by atoms with Crippen LogP contribution in [0.1, 0.15) is 5.69 Å². The van der Waals surface area contributed by atoms with Crippen molar-refractivity contribution in [3.05, 3.63) is 28.3 Å². The first kappa shape index (κ1) is 12.9. The predicted octanol–water partition coefficient (Wildman–Crippen LogP) is 0.220. The standard InChI is InChI=1S/C13H18N6O/c1-9-10(11-7-12(20)17-16-11)8-14-13(15-9)19-5-3-18(2)4-6-19/h7-8H,3-6H2,1-2H3,(H2,16,17,20). The van der Waals surface area contributed by atoms with Gasteiger partial charge in [-0.15, -0.1) is 0 Å². The molecule has 0 bridgehead atoms. The number of H-pyrrole nitrogens is 2. The number of anilines is 1. The Kier molecular flexibility index (Phi) is 3.27. The van der Waals surface area contributed by atoms with Crippen LogP contribution in [0.3, 0.4) is 0 Å². The monoisotopic (exact) mass is 274 g/mol. The van der Waals surface area contributed by atoms with Gasteiger partial charge in [0, 0.05) is 44.0 Å². The number of nitrogens with zero attached hydrogens (tertiary/aromatic N) is 4. The predicted molar refractivity (Wildman–Crippen MR) is 76.9 cm³/mol. The van der Waals surface area contributed by atoms with Gasteiger partial charge in [-0.05, 0) is 14.0 Å². The number of hydrogen-bond acceptors (Lipinski definition) is 5. The van der Waals surface area contributed by atoms with Gasteiger partial charge < -0.3 is 9.80 Å². The van der Waals surface area contributed by atoms with Crippen LogP contribution in [0.25, 0.3) is 11.3 Å². The van der Waals surface area contributed by atoms with E-state index >= 15 is 0 Å². The highest BCUT2D eigenvalue weighted by molar-refractivity contribution is 5.61. The van der Waals surface area contributed by atoms with E-state index in [4.69, 9.17) is 0 Å². The van der Waals surface area contributed by atoms with Gasteiger partial charge in [0.2, 0.25) is 5.95 Å². The van der Waals surface area contributed by atoms with Crippen molar-refractivity contribution < 1.29 is 0 Å². The zero-order valence-electron chi connectivity index (χ0n) is 11.7. The van der Waals surface area contributed by atoms with Gasteiger partial charge in [-0.3, -0.25) is 15.0 Å². The summed E-state index contributed by atoms with van der Waals surface area (Å²) in [5.74, 6) is 0.761. The Morgan fingerprint density at radius 1 is 1.20 bits per heavy atom. The fourth-order valence-electron chi connectivity index (χ4n) is 2.36. The number of aryl methyl sites for hydroxylation is 1. The van der Waals surface area contributed by atoms with Crippen molar-refractivity contribution in [2.75, 3.05) is 38.1 Å². The quantitative estimate of drug-likeness (QED) is 0.819. The van der Waals surface area contributed by atoms with Crippen molar-refractivity contribution in [2.24, 2.45) is 0 Å². The smallest absolute Gasteiger partial charge is 0.264 e. The second kappa shape index (κ2) is 5.09. The summed E-state index contributed by atoms with van der Waals surface area (Å²) in [6.07, 6.45) is 1.77. The molecule has 2 aromatic heterocycles. The molecule has 2 N–H and O–H groups in total. The zero-order chi connectivity index (χ0) is 14.1. The largest absolute Gasteiger partial charge is 0.338 e. The van der Waals surface area contributed by atoms with Gasteiger partial charge in [-0.1, -0.05) is 0 Å². The topological polar surface area (TPSA) is 80.9 Å². The van der Waals surface area contributed by atoms with Crippen molar-refractivity contribution >= 4 is 5.95 Å². The van der Waals surface area contributed by atoms with Crippen molar-refractivity contribution in [3.8, 4) is 11.3 Å². The average Bonchev–Trinajstić information content (AvgIpc) is 2.86. The minimum absolute atomic E-state index is 0.150. The maximum absolute atomic E-state index is 11.2. The molecule has 0 spiro atoms. The van der Waals surface area contributed by atoms with Crippen LogP contribution in [0.2, 0.25) is 0 Å². The molecule has 0 aliphatic carbocycles. The highest BCUT2D eigenvalue weighted by Gasteiger charge is 2.17. The van der Waals surface area contributed by atoms with E-state index in [0.29, 0.717) is 0 Å². The van der Waals surface area contributed by atoms with Crippen LogP contribution in [-0.4, -0.2) is 58.3 Å². The fraction of sp³-hybridized carbons (Fsp3) is 0.462. The third-order valence-electron chi connectivity index (χ3n) is 3.64. The Morgan fingerprint density at radius 3 is 2.55 bits per heavy atom. The summed E-state index contributed by atoms with van der Waals surface area (Å²) in [6, 6.07) is 1.52. The van der Waals surface area contributed by atoms with Crippen molar-refractivity contribution in [1.29, 1.82) is 0 Å². The zero-order valence-corrected chi connectivity index (χ0v) is 11.7. The van der Waals surface area contributed by atoms with Gasteiger partial charge >= 0.3 is 0 Å². The van der Waals surface area contributed by atoms with E-state index in [0.717, 1.165) is 49.1 Å².